The van der Waals surface area contributed by atoms with Crippen molar-refractivity contribution in [3.05, 3.63) is 22.4 Å². The van der Waals surface area contributed by atoms with Gasteiger partial charge in [0.25, 0.3) is 0 Å². The molecule has 0 aliphatic carbocycles. The zero-order valence-electron chi connectivity index (χ0n) is 17.4. The van der Waals surface area contributed by atoms with Crippen molar-refractivity contribution in [2.45, 2.75) is 44.9 Å². The second-order valence-corrected chi connectivity index (χ2v) is 12.3. The first-order valence-corrected chi connectivity index (χ1v) is 12.8. The smallest absolute Gasteiger partial charge is 0.194 e. The molecule has 1 N–H and O–H groups in total. The van der Waals surface area contributed by atoms with Crippen LogP contribution in [0, 0.1) is 5.92 Å². The summed E-state index contributed by atoms with van der Waals surface area (Å²) in [5, 5.41) is 5.52. The predicted molar refractivity (Wildman–Crippen MR) is 118 cm³/mol. The molecule has 0 spiro atoms. The van der Waals surface area contributed by atoms with Crippen LogP contribution in [0.4, 0.5) is 0 Å². The summed E-state index contributed by atoms with van der Waals surface area (Å²) >= 11 is 1.83. The maximum atomic E-state index is 12.3. The number of piperidine rings is 1. The highest BCUT2D eigenvalue weighted by atomic mass is 32.2. The van der Waals surface area contributed by atoms with Crippen molar-refractivity contribution in [1.82, 2.24) is 15.1 Å². The normalized spacial score (nSPS) is 25.6. The van der Waals surface area contributed by atoms with Crippen LogP contribution in [0.1, 0.15) is 38.5 Å². The summed E-state index contributed by atoms with van der Waals surface area (Å²) in [4.78, 5) is 11.0. The third-order valence-corrected chi connectivity index (χ3v) is 9.13. The number of nitrogens with one attached hydrogen (secondary N) is 1. The molecule has 0 amide bonds. The molecule has 2 aliphatic rings. The molecule has 1 aromatic heterocycles. The first-order valence-electron chi connectivity index (χ1n) is 10.3. The molecule has 2 saturated heterocycles. The van der Waals surface area contributed by atoms with Crippen molar-refractivity contribution in [3.63, 3.8) is 0 Å². The average molecular weight is 427 g/mol. The Bertz CT molecular complexity index is 759. The van der Waals surface area contributed by atoms with E-state index in [9.17, 15) is 8.42 Å². The van der Waals surface area contributed by atoms with E-state index < -0.39 is 14.6 Å². The van der Waals surface area contributed by atoms with Gasteiger partial charge in [-0.05, 0) is 57.5 Å². The van der Waals surface area contributed by atoms with Gasteiger partial charge in [-0.3, -0.25) is 9.89 Å². The third kappa shape index (κ3) is 5.27. The zero-order valence-corrected chi connectivity index (χ0v) is 19.0. The van der Waals surface area contributed by atoms with Gasteiger partial charge in [-0.2, -0.15) is 0 Å². The van der Waals surface area contributed by atoms with E-state index in [0.717, 1.165) is 38.7 Å². The number of hydrogen-bond donors (Lipinski definition) is 1. The first-order chi connectivity index (χ1) is 13.3. The first kappa shape index (κ1) is 21.6. The molecule has 0 saturated carbocycles. The van der Waals surface area contributed by atoms with Crippen molar-refractivity contribution in [2.75, 3.05) is 45.0 Å². The summed E-state index contributed by atoms with van der Waals surface area (Å²) < 4.78 is 23.9. The van der Waals surface area contributed by atoms with Gasteiger partial charge in [-0.15, -0.1) is 11.3 Å². The Morgan fingerprint density at radius 2 is 2.21 bits per heavy atom. The van der Waals surface area contributed by atoms with Gasteiger partial charge < -0.3 is 10.2 Å². The highest BCUT2D eigenvalue weighted by Gasteiger charge is 2.41. The lowest BCUT2D eigenvalue weighted by atomic mass is 9.98. The molecular weight excluding hydrogens is 392 g/mol. The monoisotopic (exact) mass is 426 g/mol. The number of sulfone groups is 1. The van der Waals surface area contributed by atoms with Crippen molar-refractivity contribution in [3.8, 4) is 0 Å². The van der Waals surface area contributed by atoms with E-state index in [4.69, 9.17) is 4.99 Å². The van der Waals surface area contributed by atoms with E-state index in [2.05, 4.69) is 39.6 Å². The fraction of sp³-hybridized carbons (Fsp3) is 0.750. The molecule has 8 heteroatoms. The number of rotatable bonds is 5. The van der Waals surface area contributed by atoms with Crippen LogP contribution in [0.2, 0.25) is 0 Å². The fourth-order valence-electron chi connectivity index (χ4n) is 4.03. The molecule has 0 bridgehead atoms. The van der Waals surface area contributed by atoms with Crippen molar-refractivity contribution < 1.29 is 8.42 Å². The van der Waals surface area contributed by atoms with Gasteiger partial charge in [0.1, 0.15) is 0 Å². The van der Waals surface area contributed by atoms with Crippen LogP contribution in [0.15, 0.2) is 22.5 Å². The van der Waals surface area contributed by atoms with Gasteiger partial charge in [0.2, 0.25) is 0 Å². The molecule has 3 rings (SSSR count). The van der Waals surface area contributed by atoms with Gasteiger partial charge in [0.15, 0.2) is 15.8 Å². The standard InChI is InChI=1S/C20H34N4O2S2/c1-4-21-19(24-10-12-28(25,26)20(2,3)16-24)22-13-17-7-5-9-23(14-17)15-18-8-6-11-27-18/h6,8,11,17H,4-5,7,9-10,12-16H2,1-3H3,(H,21,22). The summed E-state index contributed by atoms with van der Waals surface area (Å²) in [5.74, 6) is 1.62. The van der Waals surface area contributed by atoms with E-state index in [0.29, 0.717) is 19.0 Å². The van der Waals surface area contributed by atoms with Crippen molar-refractivity contribution >= 4 is 27.1 Å². The van der Waals surface area contributed by atoms with Gasteiger partial charge in [-0.25, -0.2) is 8.42 Å². The largest absolute Gasteiger partial charge is 0.357 e. The molecule has 0 aromatic carbocycles. The fourth-order valence-corrected chi connectivity index (χ4v) is 6.14. The van der Waals surface area contributed by atoms with Crippen molar-refractivity contribution in [2.24, 2.45) is 10.9 Å². The summed E-state index contributed by atoms with van der Waals surface area (Å²) in [6.07, 6.45) is 2.43. The number of aliphatic imine (C=N–C) groups is 1. The minimum absolute atomic E-state index is 0.197. The van der Waals surface area contributed by atoms with Crippen LogP contribution in [-0.2, 0) is 16.4 Å². The van der Waals surface area contributed by atoms with Gasteiger partial charge >= 0.3 is 0 Å². The Morgan fingerprint density at radius 3 is 2.89 bits per heavy atom. The van der Waals surface area contributed by atoms with Crippen LogP contribution < -0.4 is 5.32 Å². The lowest BCUT2D eigenvalue weighted by Crippen LogP contribution is -2.57. The summed E-state index contributed by atoms with van der Waals surface area (Å²) in [7, 11) is -3.04. The maximum absolute atomic E-state index is 12.3. The molecule has 1 aromatic rings. The molecule has 28 heavy (non-hydrogen) atoms. The quantitative estimate of drug-likeness (QED) is 0.579. The molecule has 6 nitrogen and oxygen atoms in total. The Labute approximate surface area is 173 Å². The number of hydrogen-bond acceptors (Lipinski definition) is 5. The van der Waals surface area contributed by atoms with E-state index >= 15 is 0 Å². The minimum atomic E-state index is -3.04. The van der Waals surface area contributed by atoms with Crippen LogP contribution in [0.3, 0.4) is 0 Å². The Hall–Kier alpha value is -1.12. The minimum Gasteiger partial charge on any atom is -0.357 e. The highest BCUT2D eigenvalue weighted by molar-refractivity contribution is 7.92. The zero-order chi connectivity index (χ0) is 20.2. The number of guanidine groups is 1. The summed E-state index contributed by atoms with van der Waals surface area (Å²) in [5.41, 5.74) is 0. The molecule has 1 unspecified atom stereocenters. The van der Waals surface area contributed by atoms with E-state index in [1.54, 1.807) is 0 Å². The van der Waals surface area contributed by atoms with Gasteiger partial charge in [-0.1, -0.05) is 6.07 Å². The SMILES string of the molecule is CCNC(=NCC1CCCN(Cc2cccs2)C1)N1CCS(=O)(=O)C(C)(C)C1. The van der Waals surface area contributed by atoms with Gasteiger partial charge in [0.05, 0.1) is 10.5 Å². The molecular formula is C20H34N4O2S2. The molecule has 158 valence electrons. The van der Waals surface area contributed by atoms with E-state index in [-0.39, 0.29) is 5.75 Å². The van der Waals surface area contributed by atoms with Crippen LogP contribution >= 0.6 is 11.3 Å². The molecule has 3 heterocycles. The highest BCUT2D eigenvalue weighted by Crippen LogP contribution is 2.24. The summed E-state index contributed by atoms with van der Waals surface area (Å²) in [6, 6.07) is 4.33. The maximum Gasteiger partial charge on any atom is 0.194 e. The van der Waals surface area contributed by atoms with Crippen LogP contribution in [-0.4, -0.2) is 73.9 Å². The van der Waals surface area contributed by atoms with Crippen molar-refractivity contribution in [1.29, 1.82) is 0 Å². The van der Waals surface area contributed by atoms with Crippen LogP contribution in [0.5, 0.6) is 0 Å². The average Bonchev–Trinajstić information content (AvgIpc) is 3.14. The molecule has 1 atom stereocenters. The lowest BCUT2D eigenvalue weighted by Gasteiger charge is -2.39. The second kappa shape index (κ2) is 9.13. The molecule has 0 radical (unpaired) electrons. The lowest BCUT2D eigenvalue weighted by molar-refractivity contribution is 0.172. The molecule has 2 aliphatic heterocycles. The molecule has 2 fully saturated rings. The Kier molecular flexibility index (Phi) is 7.04. The Morgan fingerprint density at radius 1 is 1.39 bits per heavy atom. The van der Waals surface area contributed by atoms with Gasteiger partial charge in [0, 0.05) is 44.1 Å². The number of nitrogens with zero attached hydrogens (tertiary/aromatic N) is 3. The summed E-state index contributed by atoms with van der Waals surface area (Å²) in [6.45, 7) is 11.6. The van der Waals surface area contributed by atoms with E-state index in [1.807, 2.05) is 25.2 Å². The third-order valence-electron chi connectivity index (χ3n) is 5.74. The Balaban J connectivity index is 1.61. The number of likely N-dealkylation sites (tertiary alicyclic amines) is 1. The van der Waals surface area contributed by atoms with Crippen LogP contribution in [0.25, 0.3) is 0 Å². The topological polar surface area (TPSA) is 65.0 Å². The van der Waals surface area contributed by atoms with E-state index in [1.165, 1.54) is 17.7 Å². The predicted octanol–water partition coefficient (Wildman–Crippen LogP) is 2.43. The second-order valence-electron chi connectivity index (χ2n) is 8.52. The number of thiophene rings is 1.